The maximum absolute atomic E-state index is 4.21. The van der Waals surface area contributed by atoms with E-state index in [1.165, 1.54) is 5.69 Å². The zero-order chi connectivity index (χ0) is 14.1. The lowest BCUT2D eigenvalue weighted by atomic mass is 10.2. The molecule has 0 aliphatic rings. The molecule has 19 heavy (non-hydrogen) atoms. The first-order chi connectivity index (χ1) is 9.19. The van der Waals surface area contributed by atoms with E-state index < -0.39 is 0 Å². The molecule has 2 N–H and O–H groups in total. The molecular weight excluding hydrogens is 236 g/mol. The first-order valence-electron chi connectivity index (χ1n) is 6.91. The maximum Gasteiger partial charge on any atom is 0.191 e. The fraction of sp³-hybridized carbons (Fsp3) is 0.533. The number of nitrogens with zero attached hydrogens (tertiary/aromatic N) is 2. The highest BCUT2D eigenvalue weighted by molar-refractivity contribution is 5.79. The van der Waals surface area contributed by atoms with E-state index >= 15 is 0 Å². The van der Waals surface area contributed by atoms with Gasteiger partial charge in [0, 0.05) is 38.9 Å². The Morgan fingerprint density at radius 2 is 1.95 bits per heavy atom. The van der Waals surface area contributed by atoms with Gasteiger partial charge in [0.2, 0.25) is 0 Å². The summed E-state index contributed by atoms with van der Waals surface area (Å²) in [5.41, 5.74) is 1.23. The number of likely N-dealkylation sites (N-methyl/N-ethyl adjacent to an activating group) is 1. The minimum atomic E-state index is 0.391. The zero-order valence-electron chi connectivity index (χ0n) is 12.5. The molecule has 1 atom stereocenters. The topological polar surface area (TPSA) is 39.7 Å². The number of anilines is 1. The van der Waals surface area contributed by atoms with Crippen LogP contribution in [-0.4, -0.2) is 39.2 Å². The lowest BCUT2D eigenvalue weighted by Gasteiger charge is -2.27. The molecule has 0 spiro atoms. The van der Waals surface area contributed by atoms with Crippen molar-refractivity contribution in [2.24, 2.45) is 4.99 Å². The summed E-state index contributed by atoms with van der Waals surface area (Å²) >= 11 is 0. The van der Waals surface area contributed by atoms with Gasteiger partial charge in [0.05, 0.1) is 0 Å². The standard InChI is InChI=1S/C15H26N4/c1-5-11-17-15(16-3)18-12-13(2)19(4)14-9-7-6-8-10-14/h6-10,13H,5,11-12H2,1-4H3,(H2,16,17,18). The Kier molecular flexibility index (Phi) is 6.79. The van der Waals surface area contributed by atoms with Crippen LogP contribution in [0.15, 0.2) is 35.3 Å². The second-order valence-electron chi connectivity index (χ2n) is 4.68. The Morgan fingerprint density at radius 1 is 1.26 bits per heavy atom. The smallest absolute Gasteiger partial charge is 0.191 e. The van der Waals surface area contributed by atoms with E-state index in [1.54, 1.807) is 7.05 Å². The van der Waals surface area contributed by atoms with Crippen LogP contribution < -0.4 is 15.5 Å². The van der Waals surface area contributed by atoms with Gasteiger partial charge in [-0.25, -0.2) is 0 Å². The molecule has 0 saturated carbocycles. The summed E-state index contributed by atoms with van der Waals surface area (Å²) in [6.45, 7) is 6.15. The molecule has 106 valence electrons. The SMILES string of the molecule is CCCNC(=NC)NCC(C)N(C)c1ccccc1. The minimum absolute atomic E-state index is 0.391. The monoisotopic (exact) mass is 262 g/mol. The van der Waals surface area contributed by atoms with Crippen LogP contribution in [0.3, 0.4) is 0 Å². The molecule has 0 aromatic heterocycles. The molecule has 4 nitrogen and oxygen atoms in total. The Labute approximate surface area is 116 Å². The molecule has 1 rings (SSSR count). The highest BCUT2D eigenvalue weighted by atomic mass is 15.2. The van der Waals surface area contributed by atoms with Crippen LogP contribution >= 0.6 is 0 Å². The number of benzene rings is 1. The third-order valence-corrected chi connectivity index (χ3v) is 3.16. The van der Waals surface area contributed by atoms with E-state index in [0.29, 0.717) is 6.04 Å². The summed E-state index contributed by atoms with van der Waals surface area (Å²) < 4.78 is 0. The molecule has 1 aromatic carbocycles. The Morgan fingerprint density at radius 3 is 2.53 bits per heavy atom. The van der Waals surface area contributed by atoms with Gasteiger partial charge in [-0.2, -0.15) is 0 Å². The normalized spacial score (nSPS) is 12.9. The van der Waals surface area contributed by atoms with E-state index in [9.17, 15) is 0 Å². The zero-order valence-corrected chi connectivity index (χ0v) is 12.5. The molecule has 0 heterocycles. The number of rotatable bonds is 6. The Bertz CT molecular complexity index is 375. The number of guanidine groups is 1. The van der Waals surface area contributed by atoms with Crippen LogP contribution in [0.25, 0.3) is 0 Å². The summed E-state index contributed by atoms with van der Waals surface area (Å²) in [5, 5.41) is 6.63. The van der Waals surface area contributed by atoms with Crippen LogP contribution in [-0.2, 0) is 0 Å². The number of hydrogen-bond acceptors (Lipinski definition) is 2. The largest absolute Gasteiger partial charge is 0.370 e. The molecular formula is C15H26N4. The first-order valence-corrected chi connectivity index (χ1v) is 6.91. The Balaban J connectivity index is 2.44. The van der Waals surface area contributed by atoms with Crippen LogP contribution in [0, 0.1) is 0 Å². The van der Waals surface area contributed by atoms with Crippen molar-refractivity contribution in [3.8, 4) is 0 Å². The average Bonchev–Trinajstić information content (AvgIpc) is 2.47. The molecule has 0 saturated heterocycles. The maximum atomic E-state index is 4.21. The molecule has 1 aromatic rings. The van der Waals surface area contributed by atoms with Crippen molar-refractivity contribution in [1.29, 1.82) is 0 Å². The fourth-order valence-electron chi connectivity index (χ4n) is 1.76. The van der Waals surface area contributed by atoms with Gasteiger partial charge in [-0.05, 0) is 25.5 Å². The molecule has 0 amide bonds. The van der Waals surface area contributed by atoms with Gasteiger partial charge in [0.25, 0.3) is 0 Å². The van der Waals surface area contributed by atoms with Crippen molar-refractivity contribution in [3.05, 3.63) is 30.3 Å². The molecule has 0 aliphatic heterocycles. The second kappa shape index (κ2) is 8.40. The van der Waals surface area contributed by atoms with Crippen molar-refractivity contribution in [2.75, 3.05) is 32.1 Å². The van der Waals surface area contributed by atoms with E-state index in [0.717, 1.165) is 25.5 Å². The number of aliphatic imine (C=N–C) groups is 1. The van der Waals surface area contributed by atoms with Crippen molar-refractivity contribution in [1.82, 2.24) is 10.6 Å². The predicted molar refractivity (Wildman–Crippen MR) is 84.0 cm³/mol. The average molecular weight is 262 g/mol. The van der Waals surface area contributed by atoms with Gasteiger partial charge in [-0.1, -0.05) is 25.1 Å². The summed E-state index contributed by atoms with van der Waals surface area (Å²) in [7, 11) is 3.92. The molecule has 0 fully saturated rings. The summed E-state index contributed by atoms with van der Waals surface area (Å²) in [4.78, 5) is 6.47. The van der Waals surface area contributed by atoms with Crippen molar-refractivity contribution >= 4 is 11.6 Å². The number of para-hydroxylation sites is 1. The van der Waals surface area contributed by atoms with Crippen LogP contribution in [0.1, 0.15) is 20.3 Å². The van der Waals surface area contributed by atoms with Gasteiger partial charge in [0.15, 0.2) is 5.96 Å². The predicted octanol–water partition coefficient (Wildman–Crippen LogP) is 2.09. The molecule has 1 unspecified atom stereocenters. The van der Waals surface area contributed by atoms with E-state index in [1.807, 2.05) is 6.07 Å². The summed E-state index contributed by atoms with van der Waals surface area (Å²) in [5.74, 6) is 0.871. The quantitative estimate of drug-likeness (QED) is 0.609. The van der Waals surface area contributed by atoms with Crippen molar-refractivity contribution in [3.63, 3.8) is 0 Å². The number of nitrogens with one attached hydrogen (secondary N) is 2. The van der Waals surface area contributed by atoms with Crippen molar-refractivity contribution < 1.29 is 0 Å². The summed E-state index contributed by atoms with van der Waals surface area (Å²) in [6.07, 6.45) is 1.10. The lowest BCUT2D eigenvalue weighted by Crippen LogP contribution is -2.45. The van der Waals surface area contributed by atoms with Gasteiger partial charge < -0.3 is 15.5 Å². The van der Waals surface area contributed by atoms with Crippen LogP contribution in [0.4, 0.5) is 5.69 Å². The van der Waals surface area contributed by atoms with Crippen LogP contribution in [0.2, 0.25) is 0 Å². The van der Waals surface area contributed by atoms with Gasteiger partial charge in [0.1, 0.15) is 0 Å². The number of hydrogen-bond donors (Lipinski definition) is 2. The van der Waals surface area contributed by atoms with Crippen molar-refractivity contribution in [2.45, 2.75) is 26.3 Å². The second-order valence-corrected chi connectivity index (χ2v) is 4.68. The van der Waals surface area contributed by atoms with Gasteiger partial charge in [-0.3, -0.25) is 4.99 Å². The van der Waals surface area contributed by atoms with E-state index in [2.05, 4.69) is 65.7 Å². The third-order valence-electron chi connectivity index (χ3n) is 3.16. The van der Waals surface area contributed by atoms with Crippen LogP contribution in [0.5, 0.6) is 0 Å². The molecule has 0 radical (unpaired) electrons. The first kappa shape index (κ1) is 15.3. The lowest BCUT2D eigenvalue weighted by molar-refractivity contribution is 0.647. The Hall–Kier alpha value is -1.71. The molecule has 4 heteroatoms. The third kappa shape index (κ3) is 5.20. The van der Waals surface area contributed by atoms with E-state index in [-0.39, 0.29) is 0 Å². The summed E-state index contributed by atoms with van der Waals surface area (Å²) in [6, 6.07) is 10.8. The van der Waals surface area contributed by atoms with Gasteiger partial charge >= 0.3 is 0 Å². The van der Waals surface area contributed by atoms with E-state index in [4.69, 9.17) is 0 Å². The molecule has 0 bridgehead atoms. The highest BCUT2D eigenvalue weighted by Crippen LogP contribution is 2.13. The highest BCUT2D eigenvalue weighted by Gasteiger charge is 2.10. The van der Waals surface area contributed by atoms with Gasteiger partial charge in [-0.15, -0.1) is 0 Å². The minimum Gasteiger partial charge on any atom is -0.370 e. The fourth-order valence-corrected chi connectivity index (χ4v) is 1.76. The molecule has 0 aliphatic carbocycles.